The zero-order valence-corrected chi connectivity index (χ0v) is 13.2. The summed E-state index contributed by atoms with van der Waals surface area (Å²) in [6.45, 7) is 0. The summed E-state index contributed by atoms with van der Waals surface area (Å²) in [5.41, 5.74) is 0.851. The fourth-order valence-electron chi connectivity index (χ4n) is 2.15. The van der Waals surface area contributed by atoms with Gasteiger partial charge in [-0.1, -0.05) is 24.3 Å². The molecule has 1 N–H and O–H groups in total. The van der Waals surface area contributed by atoms with Crippen molar-refractivity contribution in [3.8, 4) is 5.75 Å². The average molecular weight is 349 g/mol. The van der Waals surface area contributed by atoms with Crippen LogP contribution in [0.1, 0.15) is 16.5 Å². The highest BCUT2D eigenvalue weighted by Crippen LogP contribution is 2.35. The maximum absolute atomic E-state index is 10.5. The van der Waals surface area contributed by atoms with Crippen molar-refractivity contribution in [1.82, 2.24) is 0 Å². The second-order valence-corrected chi connectivity index (χ2v) is 6.45. The van der Waals surface area contributed by atoms with Crippen LogP contribution in [0.4, 0.5) is 0 Å². The van der Waals surface area contributed by atoms with Gasteiger partial charge in [0.05, 0.1) is 11.6 Å². The van der Waals surface area contributed by atoms with Crippen LogP contribution in [0.15, 0.2) is 53.0 Å². The molecule has 2 aromatic carbocycles. The summed E-state index contributed by atoms with van der Waals surface area (Å²) in [4.78, 5) is 0.947. The Morgan fingerprint density at radius 2 is 1.95 bits per heavy atom. The van der Waals surface area contributed by atoms with Crippen LogP contribution in [0.5, 0.6) is 5.75 Å². The first-order valence-electron chi connectivity index (χ1n) is 6.19. The molecule has 0 spiro atoms. The van der Waals surface area contributed by atoms with Crippen LogP contribution in [-0.4, -0.2) is 12.2 Å². The molecule has 0 radical (unpaired) electrons. The lowest BCUT2D eigenvalue weighted by atomic mass is 10.1. The van der Waals surface area contributed by atoms with E-state index in [2.05, 4.69) is 28.1 Å². The smallest absolute Gasteiger partial charge is 0.133 e. The number of fused-ring (bicyclic) bond motifs is 1. The number of ether oxygens (including phenoxy) is 1. The van der Waals surface area contributed by atoms with Crippen LogP contribution in [0.3, 0.4) is 0 Å². The van der Waals surface area contributed by atoms with E-state index in [0.717, 1.165) is 20.7 Å². The van der Waals surface area contributed by atoms with Gasteiger partial charge in [-0.25, -0.2) is 0 Å². The Labute approximate surface area is 129 Å². The van der Waals surface area contributed by atoms with E-state index in [1.165, 1.54) is 10.1 Å². The molecule has 0 bridgehead atoms. The molecule has 0 fully saturated rings. The minimum absolute atomic E-state index is 0.616. The number of thiophene rings is 1. The average Bonchev–Trinajstić information content (AvgIpc) is 2.90. The fourth-order valence-corrected chi connectivity index (χ4v) is 3.79. The molecule has 102 valence electrons. The normalized spacial score (nSPS) is 12.6. The van der Waals surface area contributed by atoms with Crippen molar-refractivity contribution in [1.29, 1.82) is 0 Å². The SMILES string of the molecule is COc1ccc(C(O)c2cc3ccccc3s2)cc1Br. The summed E-state index contributed by atoms with van der Waals surface area (Å²) in [6.07, 6.45) is -0.616. The van der Waals surface area contributed by atoms with Crippen molar-refractivity contribution in [2.75, 3.05) is 7.11 Å². The third kappa shape index (κ3) is 2.46. The van der Waals surface area contributed by atoms with E-state index in [1.54, 1.807) is 18.4 Å². The van der Waals surface area contributed by atoms with Crippen molar-refractivity contribution in [2.24, 2.45) is 0 Å². The predicted octanol–water partition coefficient (Wildman–Crippen LogP) is 4.75. The molecule has 3 rings (SSSR count). The number of rotatable bonds is 3. The van der Waals surface area contributed by atoms with E-state index < -0.39 is 6.10 Å². The van der Waals surface area contributed by atoms with E-state index >= 15 is 0 Å². The van der Waals surface area contributed by atoms with Crippen LogP contribution in [0.2, 0.25) is 0 Å². The lowest BCUT2D eigenvalue weighted by Gasteiger charge is -2.11. The summed E-state index contributed by atoms with van der Waals surface area (Å²) in [6, 6.07) is 15.8. The Morgan fingerprint density at radius 1 is 1.15 bits per heavy atom. The number of benzene rings is 2. The summed E-state index contributed by atoms with van der Waals surface area (Å²) < 4.78 is 7.24. The molecule has 0 aliphatic rings. The molecular weight excluding hydrogens is 336 g/mol. The van der Waals surface area contributed by atoms with E-state index in [4.69, 9.17) is 4.74 Å². The van der Waals surface area contributed by atoms with Crippen molar-refractivity contribution in [3.05, 3.63) is 63.4 Å². The summed E-state index contributed by atoms with van der Waals surface area (Å²) >= 11 is 5.07. The van der Waals surface area contributed by atoms with Crippen molar-refractivity contribution >= 4 is 37.4 Å². The van der Waals surface area contributed by atoms with Crippen molar-refractivity contribution < 1.29 is 9.84 Å². The lowest BCUT2D eigenvalue weighted by Crippen LogP contribution is -1.97. The standard InChI is InChI=1S/C16H13BrO2S/c1-19-13-7-6-11(8-12(13)17)16(18)15-9-10-4-2-3-5-14(10)20-15/h2-9,16,18H,1H3. The lowest BCUT2D eigenvalue weighted by molar-refractivity contribution is 0.224. The van der Waals surface area contributed by atoms with Gasteiger partial charge in [-0.05, 0) is 51.1 Å². The molecule has 0 amide bonds. The minimum Gasteiger partial charge on any atom is -0.496 e. The van der Waals surface area contributed by atoms with Gasteiger partial charge in [0.1, 0.15) is 11.9 Å². The Hall–Kier alpha value is -1.36. The van der Waals surface area contributed by atoms with Crippen LogP contribution < -0.4 is 4.74 Å². The zero-order chi connectivity index (χ0) is 14.1. The van der Waals surface area contributed by atoms with Crippen LogP contribution in [0.25, 0.3) is 10.1 Å². The Kier molecular flexibility index (Phi) is 3.78. The number of hydrogen-bond donors (Lipinski definition) is 1. The first-order valence-corrected chi connectivity index (χ1v) is 7.80. The molecular formula is C16H13BrO2S. The van der Waals surface area contributed by atoms with Gasteiger partial charge in [0.25, 0.3) is 0 Å². The molecule has 0 saturated carbocycles. The maximum atomic E-state index is 10.5. The van der Waals surface area contributed by atoms with E-state index in [-0.39, 0.29) is 0 Å². The molecule has 0 aliphatic heterocycles. The zero-order valence-electron chi connectivity index (χ0n) is 10.8. The molecule has 20 heavy (non-hydrogen) atoms. The number of aliphatic hydroxyl groups excluding tert-OH is 1. The monoisotopic (exact) mass is 348 g/mol. The van der Waals surface area contributed by atoms with Gasteiger partial charge in [0.15, 0.2) is 0 Å². The third-order valence-corrected chi connectivity index (χ3v) is 4.99. The highest BCUT2D eigenvalue weighted by atomic mass is 79.9. The minimum atomic E-state index is -0.616. The van der Waals surface area contributed by atoms with Crippen molar-refractivity contribution in [3.63, 3.8) is 0 Å². The van der Waals surface area contributed by atoms with E-state index in [9.17, 15) is 5.11 Å². The Balaban J connectivity index is 1.99. The van der Waals surface area contributed by atoms with Crippen LogP contribution >= 0.6 is 27.3 Å². The van der Waals surface area contributed by atoms with Crippen LogP contribution in [0, 0.1) is 0 Å². The number of halogens is 1. The summed E-state index contributed by atoms with van der Waals surface area (Å²) in [5, 5.41) is 11.7. The van der Waals surface area contributed by atoms with Gasteiger partial charge < -0.3 is 9.84 Å². The molecule has 1 aromatic heterocycles. The van der Waals surface area contributed by atoms with E-state index in [1.807, 2.05) is 36.4 Å². The second-order valence-electron chi connectivity index (χ2n) is 4.48. The fraction of sp³-hybridized carbons (Fsp3) is 0.125. The Bertz CT molecular complexity index is 718. The highest BCUT2D eigenvalue weighted by Gasteiger charge is 2.15. The molecule has 1 unspecified atom stereocenters. The maximum Gasteiger partial charge on any atom is 0.133 e. The third-order valence-electron chi connectivity index (χ3n) is 3.21. The van der Waals surface area contributed by atoms with E-state index in [0.29, 0.717) is 0 Å². The molecule has 4 heteroatoms. The van der Waals surface area contributed by atoms with Gasteiger partial charge in [-0.2, -0.15) is 0 Å². The van der Waals surface area contributed by atoms with Gasteiger partial charge in [-0.3, -0.25) is 0 Å². The molecule has 0 saturated heterocycles. The van der Waals surface area contributed by atoms with Crippen molar-refractivity contribution in [2.45, 2.75) is 6.10 Å². The number of hydrogen-bond acceptors (Lipinski definition) is 3. The number of aliphatic hydroxyl groups is 1. The van der Waals surface area contributed by atoms with Gasteiger partial charge in [0, 0.05) is 9.58 Å². The summed E-state index contributed by atoms with van der Waals surface area (Å²) in [7, 11) is 1.63. The molecule has 3 aromatic rings. The van der Waals surface area contributed by atoms with Gasteiger partial charge >= 0.3 is 0 Å². The molecule has 2 nitrogen and oxygen atoms in total. The molecule has 1 heterocycles. The number of methoxy groups -OCH3 is 1. The molecule has 0 aliphatic carbocycles. The highest BCUT2D eigenvalue weighted by molar-refractivity contribution is 9.10. The largest absolute Gasteiger partial charge is 0.496 e. The Morgan fingerprint density at radius 3 is 2.65 bits per heavy atom. The van der Waals surface area contributed by atoms with Gasteiger partial charge in [-0.15, -0.1) is 11.3 Å². The topological polar surface area (TPSA) is 29.5 Å². The summed E-state index contributed by atoms with van der Waals surface area (Å²) in [5.74, 6) is 0.761. The first-order chi connectivity index (χ1) is 9.69. The predicted molar refractivity (Wildman–Crippen MR) is 86.6 cm³/mol. The molecule has 1 atom stereocenters. The first kappa shape index (κ1) is 13.6. The van der Waals surface area contributed by atoms with Crippen LogP contribution in [-0.2, 0) is 0 Å². The quantitative estimate of drug-likeness (QED) is 0.739. The van der Waals surface area contributed by atoms with Gasteiger partial charge in [0.2, 0.25) is 0 Å². The second kappa shape index (κ2) is 5.56.